The molecule has 2 heterocycles. The van der Waals surface area contributed by atoms with E-state index in [2.05, 4.69) is 11.4 Å². The van der Waals surface area contributed by atoms with E-state index in [1.54, 1.807) is 18.2 Å². The van der Waals surface area contributed by atoms with Crippen LogP contribution in [0.2, 0.25) is 0 Å². The average molecular weight is 322 g/mol. The summed E-state index contributed by atoms with van der Waals surface area (Å²) < 4.78 is 5.55. The number of amides is 2. The van der Waals surface area contributed by atoms with Crippen LogP contribution in [-0.2, 0) is 11.2 Å². The molecule has 0 spiro atoms. The van der Waals surface area contributed by atoms with Crippen LogP contribution in [0.3, 0.4) is 0 Å². The third kappa shape index (κ3) is 2.42. The van der Waals surface area contributed by atoms with E-state index in [9.17, 15) is 9.59 Å². The van der Waals surface area contributed by atoms with Crippen LogP contribution in [0.25, 0.3) is 0 Å². The molecule has 122 valence electrons. The minimum absolute atomic E-state index is 0.0613. The van der Waals surface area contributed by atoms with Crippen LogP contribution in [0, 0.1) is 0 Å². The summed E-state index contributed by atoms with van der Waals surface area (Å²) in [5.74, 6) is 0.444. The number of carbonyl (C=O) groups excluding carboxylic acids is 2. The first-order valence-corrected chi connectivity index (χ1v) is 8.11. The summed E-state index contributed by atoms with van der Waals surface area (Å²) in [5.41, 5.74) is 3.25. The molecule has 2 aliphatic rings. The smallest absolute Gasteiger partial charge is 0.258 e. The van der Waals surface area contributed by atoms with E-state index in [1.165, 1.54) is 5.56 Å². The first kappa shape index (κ1) is 14.8. The Hall–Kier alpha value is -2.82. The van der Waals surface area contributed by atoms with Gasteiger partial charge < -0.3 is 15.0 Å². The van der Waals surface area contributed by atoms with Gasteiger partial charge in [0.1, 0.15) is 5.75 Å². The number of benzene rings is 2. The zero-order valence-corrected chi connectivity index (χ0v) is 13.4. The lowest BCUT2D eigenvalue weighted by molar-refractivity contribution is -0.116. The largest absolute Gasteiger partial charge is 0.491 e. The number of fused-ring (bicyclic) bond motifs is 2. The molecule has 0 bridgehead atoms. The molecular formula is C19H18N2O3. The monoisotopic (exact) mass is 322 g/mol. The maximum atomic E-state index is 13.0. The number of rotatable bonds is 1. The van der Waals surface area contributed by atoms with Crippen LogP contribution >= 0.6 is 0 Å². The van der Waals surface area contributed by atoms with E-state index in [1.807, 2.05) is 30.0 Å². The molecule has 2 aromatic rings. The fourth-order valence-electron chi connectivity index (χ4n) is 3.37. The minimum atomic E-state index is -0.0989. The average Bonchev–Trinajstić information content (AvgIpc) is 2.78. The lowest BCUT2D eigenvalue weighted by Crippen LogP contribution is -2.35. The second-order valence-electron chi connectivity index (χ2n) is 6.21. The van der Waals surface area contributed by atoms with Gasteiger partial charge in [0.25, 0.3) is 5.91 Å². The lowest BCUT2D eigenvalue weighted by atomic mass is 10.1. The molecule has 0 fully saturated rings. The number of ether oxygens (including phenoxy) is 1. The van der Waals surface area contributed by atoms with Gasteiger partial charge in [0, 0.05) is 17.3 Å². The highest BCUT2D eigenvalue weighted by Crippen LogP contribution is 2.34. The van der Waals surface area contributed by atoms with Crippen molar-refractivity contribution in [1.82, 2.24) is 0 Å². The molecule has 5 heteroatoms. The van der Waals surface area contributed by atoms with Crippen LogP contribution < -0.4 is 15.0 Å². The Balaban J connectivity index is 1.69. The fraction of sp³-hybridized carbons (Fsp3) is 0.263. The van der Waals surface area contributed by atoms with Crippen LogP contribution in [0.1, 0.15) is 29.3 Å². The standard InChI is InChI=1S/C19H18N2O3/c1-12-10-13-4-2-3-5-16(13)21(12)19(23)14-6-7-17-15(11-14)20-18(22)8-9-24-17/h2-7,11-12H,8-10H2,1H3,(H,20,22). The van der Waals surface area contributed by atoms with Crippen molar-refractivity contribution in [3.8, 4) is 5.75 Å². The van der Waals surface area contributed by atoms with Crippen LogP contribution in [0.5, 0.6) is 5.75 Å². The zero-order chi connectivity index (χ0) is 16.7. The number of nitrogens with one attached hydrogen (secondary N) is 1. The zero-order valence-electron chi connectivity index (χ0n) is 13.4. The van der Waals surface area contributed by atoms with Gasteiger partial charge in [0.05, 0.1) is 18.7 Å². The Morgan fingerprint density at radius 1 is 1.25 bits per heavy atom. The molecular weight excluding hydrogens is 304 g/mol. The van der Waals surface area contributed by atoms with Gasteiger partial charge in [-0.25, -0.2) is 0 Å². The molecule has 0 saturated heterocycles. The third-order valence-corrected chi connectivity index (χ3v) is 4.51. The normalized spacial score (nSPS) is 19.0. The Kier molecular flexibility index (Phi) is 3.49. The second kappa shape index (κ2) is 5.67. The lowest BCUT2D eigenvalue weighted by Gasteiger charge is -2.23. The number of nitrogens with zero attached hydrogens (tertiary/aromatic N) is 1. The maximum Gasteiger partial charge on any atom is 0.258 e. The van der Waals surface area contributed by atoms with E-state index >= 15 is 0 Å². The highest BCUT2D eigenvalue weighted by molar-refractivity contribution is 6.09. The van der Waals surface area contributed by atoms with Crippen molar-refractivity contribution in [3.05, 3.63) is 53.6 Å². The Morgan fingerprint density at radius 2 is 2.08 bits per heavy atom. The van der Waals surface area contributed by atoms with Gasteiger partial charge in [-0.05, 0) is 43.2 Å². The summed E-state index contributed by atoms with van der Waals surface area (Å²) in [4.78, 5) is 26.6. The SMILES string of the molecule is CC1Cc2ccccc2N1C(=O)c1ccc2c(c1)NC(=O)CCO2. The Labute approximate surface area is 140 Å². The molecule has 1 N–H and O–H groups in total. The molecule has 4 rings (SSSR count). The van der Waals surface area contributed by atoms with E-state index in [4.69, 9.17) is 4.74 Å². The van der Waals surface area contributed by atoms with Crippen molar-refractivity contribution >= 4 is 23.2 Å². The van der Waals surface area contributed by atoms with Crippen molar-refractivity contribution in [2.24, 2.45) is 0 Å². The number of hydrogen-bond donors (Lipinski definition) is 1. The summed E-state index contributed by atoms with van der Waals surface area (Å²) >= 11 is 0. The van der Waals surface area contributed by atoms with Gasteiger partial charge in [-0.15, -0.1) is 0 Å². The maximum absolute atomic E-state index is 13.0. The highest BCUT2D eigenvalue weighted by Gasteiger charge is 2.31. The number of para-hydroxylation sites is 1. The first-order chi connectivity index (χ1) is 11.6. The van der Waals surface area contributed by atoms with Crippen LogP contribution in [-0.4, -0.2) is 24.5 Å². The summed E-state index contributed by atoms with van der Waals surface area (Å²) in [5, 5.41) is 2.80. The van der Waals surface area contributed by atoms with Crippen molar-refractivity contribution in [2.75, 3.05) is 16.8 Å². The summed E-state index contributed by atoms with van der Waals surface area (Å²) in [7, 11) is 0. The van der Waals surface area contributed by atoms with Crippen molar-refractivity contribution in [1.29, 1.82) is 0 Å². The molecule has 0 saturated carbocycles. The predicted molar refractivity (Wildman–Crippen MR) is 91.6 cm³/mol. The molecule has 2 aliphatic heterocycles. The molecule has 0 aliphatic carbocycles. The molecule has 0 radical (unpaired) electrons. The van der Waals surface area contributed by atoms with Gasteiger partial charge in [-0.3, -0.25) is 9.59 Å². The van der Waals surface area contributed by atoms with E-state index in [0.29, 0.717) is 30.0 Å². The van der Waals surface area contributed by atoms with E-state index < -0.39 is 0 Å². The molecule has 1 unspecified atom stereocenters. The van der Waals surface area contributed by atoms with E-state index in [0.717, 1.165) is 12.1 Å². The van der Waals surface area contributed by atoms with Crippen LogP contribution in [0.4, 0.5) is 11.4 Å². The summed E-state index contributed by atoms with van der Waals surface area (Å²) in [6, 6.07) is 13.3. The van der Waals surface area contributed by atoms with Gasteiger partial charge in [-0.2, -0.15) is 0 Å². The van der Waals surface area contributed by atoms with Gasteiger partial charge in [0.2, 0.25) is 5.91 Å². The van der Waals surface area contributed by atoms with Gasteiger partial charge in [-0.1, -0.05) is 18.2 Å². The Bertz CT molecular complexity index is 831. The first-order valence-electron chi connectivity index (χ1n) is 8.11. The number of carbonyl (C=O) groups is 2. The molecule has 0 aromatic heterocycles. The topological polar surface area (TPSA) is 58.6 Å². The quantitative estimate of drug-likeness (QED) is 0.878. The van der Waals surface area contributed by atoms with E-state index in [-0.39, 0.29) is 17.9 Å². The minimum Gasteiger partial charge on any atom is -0.491 e. The predicted octanol–water partition coefficient (Wildman–Crippen LogP) is 3.00. The molecule has 24 heavy (non-hydrogen) atoms. The molecule has 1 atom stereocenters. The van der Waals surface area contributed by atoms with Crippen molar-refractivity contribution in [3.63, 3.8) is 0 Å². The summed E-state index contributed by atoms with van der Waals surface area (Å²) in [6.07, 6.45) is 1.17. The molecule has 2 aromatic carbocycles. The number of hydrogen-bond acceptors (Lipinski definition) is 3. The fourth-order valence-corrected chi connectivity index (χ4v) is 3.37. The van der Waals surface area contributed by atoms with Gasteiger partial charge in [0.15, 0.2) is 0 Å². The highest BCUT2D eigenvalue weighted by atomic mass is 16.5. The van der Waals surface area contributed by atoms with Crippen molar-refractivity contribution in [2.45, 2.75) is 25.8 Å². The number of anilines is 2. The molecule has 2 amide bonds. The Morgan fingerprint density at radius 3 is 2.96 bits per heavy atom. The second-order valence-corrected chi connectivity index (χ2v) is 6.21. The van der Waals surface area contributed by atoms with Crippen LogP contribution in [0.15, 0.2) is 42.5 Å². The van der Waals surface area contributed by atoms with Crippen molar-refractivity contribution < 1.29 is 14.3 Å². The molecule has 5 nitrogen and oxygen atoms in total. The summed E-state index contributed by atoms with van der Waals surface area (Å²) in [6.45, 7) is 2.40. The third-order valence-electron chi connectivity index (χ3n) is 4.51. The van der Waals surface area contributed by atoms with Gasteiger partial charge >= 0.3 is 0 Å².